The summed E-state index contributed by atoms with van der Waals surface area (Å²) >= 11 is 0. The van der Waals surface area contributed by atoms with Crippen LogP contribution >= 0.6 is 0 Å². The Morgan fingerprint density at radius 1 is 1.23 bits per heavy atom. The minimum absolute atomic E-state index is 0.221. The molecule has 0 aliphatic heterocycles. The molecule has 8 nitrogen and oxygen atoms in total. The van der Waals surface area contributed by atoms with Gasteiger partial charge in [-0.15, -0.1) is 0 Å². The smallest absolute Gasteiger partial charge is 0.278 e. The van der Waals surface area contributed by atoms with Gasteiger partial charge in [-0.1, -0.05) is 11.2 Å². The van der Waals surface area contributed by atoms with Crippen LogP contribution in [-0.4, -0.2) is 31.2 Å². The Bertz CT molecular complexity index is 1310. The Morgan fingerprint density at radius 2 is 2.00 bits per heavy atom. The van der Waals surface area contributed by atoms with Gasteiger partial charge in [-0.3, -0.25) is 13.8 Å². The highest BCUT2D eigenvalue weighted by molar-refractivity contribution is 5.84. The Hall–Kier alpha value is -3.07. The molecule has 3 aromatic heterocycles. The first kappa shape index (κ1) is 18.9. The van der Waals surface area contributed by atoms with Crippen LogP contribution in [0.15, 0.2) is 33.8 Å². The summed E-state index contributed by atoms with van der Waals surface area (Å²) in [6.07, 6.45) is 5.15. The van der Waals surface area contributed by atoms with Crippen LogP contribution in [0.25, 0.3) is 28.1 Å². The zero-order valence-electron chi connectivity index (χ0n) is 17.1. The first-order chi connectivity index (χ1) is 14.5. The van der Waals surface area contributed by atoms with Gasteiger partial charge in [0.2, 0.25) is 5.82 Å². The Kier molecular flexibility index (Phi) is 4.25. The van der Waals surface area contributed by atoms with Crippen molar-refractivity contribution >= 4 is 16.6 Å². The van der Waals surface area contributed by atoms with E-state index in [0.29, 0.717) is 17.1 Å². The molecule has 0 atom stereocenters. The van der Waals surface area contributed by atoms with Gasteiger partial charge in [-0.2, -0.15) is 4.98 Å². The molecule has 0 saturated heterocycles. The van der Waals surface area contributed by atoms with E-state index in [1.165, 1.54) is 17.0 Å². The zero-order chi connectivity index (χ0) is 21.0. The summed E-state index contributed by atoms with van der Waals surface area (Å²) in [5.74, 6) is 0.161. The molecule has 1 aliphatic rings. The van der Waals surface area contributed by atoms with Gasteiger partial charge in [0.25, 0.3) is 11.4 Å². The van der Waals surface area contributed by atoms with Crippen molar-refractivity contribution in [1.29, 1.82) is 0 Å². The summed E-state index contributed by atoms with van der Waals surface area (Å²) in [6, 6.07) is 4.47. The predicted octanol–water partition coefficient (Wildman–Crippen LogP) is 3.83. The monoisotopic (exact) mass is 411 g/mol. The maximum Gasteiger partial charge on any atom is 0.278 e. The fraction of sp³-hybridized carbons (Fsp3) is 0.429. The third-order valence-electron chi connectivity index (χ3n) is 6.00. The van der Waals surface area contributed by atoms with E-state index in [-0.39, 0.29) is 28.5 Å². The van der Waals surface area contributed by atoms with Gasteiger partial charge in [0.05, 0.1) is 5.52 Å². The molecule has 1 fully saturated rings. The number of benzene rings is 1. The number of aromatic nitrogens is 5. The van der Waals surface area contributed by atoms with Gasteiger partial charge < -0.3 is 9.26 Å². The fourth-order valence-corrected chi connectivity index (χ4v) is 4.50. The van der Waals surface area contributed by atoms with Crippen molar-refractivity contribution in [3.63, 3.8) is 0 Å². The third kappa shape index (κ3) is 2.54. The van der Waals surface area contributed by atoms with Gasteiger partial charge in [0.15, 0.2) is 0 Å². The maximum absolute atomic E-state index is 14.7. The number of halogens is 1. The Balaban J connectivity index is 1.77. The standard InChI is InChI=1S/C21H22FN5O3/c1-12(2)27-16-13(22)7-6-8-14(16)26-11-23-15(17(26)19(27)28)18-24-20(30-25-18)21(29-3)9-4-5-10-21/h6-8,11-12H,4-5,9-10H2,1-3H3. The summed E-state index contributed by atoms with van der Waals surface area (Å²) in [7, 11) is 1.64. The lowest BCUT2D eigenvalue weighted by atomic mass is 10.0. The number of para-hydroxylation sites is 1. The number of hydrogen-bond acceptors (Lipinski definition) is 6. The Morgan fingerprint density at radius 3 is 2.70 bits per heavy atom. The van der Waals surface area contributed by atoms with E-state index in [1.54, 1.807) is 23.6 Å². The molecular formula is C21H22FN5O3. The van der Waals surface area contributed by atoms with Crippen LogP contribution in [0.2, 0.25) is 0 Å². The van der Waals surface area contributed by atoms with Crippen LogP contribution in [0.4, 0.5) is 4.39 Å². The average molecular weight is 411 g/mol. The molecule has 0 unspecified atom stereocenters. The molecule has 4 aromatic rings. The number of rotatable bonds is 4. The van der Waals surface area contributed by atoms with E-state index in [4.69, 9.17) is 9.26 Å². The number of hydrogen-bond donors (Lipinski definition) is 0. The molecule has 9 heteroatoms. The molecule has 0 N–H and O–H groups in total. The van der Waals surface area contributed by atoms with Crippen molar-refractivity contribution in [3.8, 4) is 11.5 Å². The van der Waals surface area contributed by atoms with Crippen LogP contribution in [0.3, 0.4) is 0 Å². The second-order valence-corrected chi connectivity index (χ2v) is 8.02. The van der Waals surface area contributed by atoms with E-state index in [1.807, 2.05) is 13.8 Å². The third-order valence-corrected chi connectivity index (χ3v) is 6.00. The minimum atomic E-state index is -0.589. The topological polar surface area (TPSA) is 87.5 Å². The van der Waals surface area contributed by atoms with Crippen molar-refractivity contribution < 1.29 is 13.7 Å². The van der Waals surface area contributed by atoms with Crippen LogP contribution < -0.4 is 5.56 Å². The van der Waals surface area contributed by atoms with E-state index < -0.39 is 11.4 Å². The molecule has 0 radical (unpaired) electrons. The normalized spacial score (nSPS) is 16.3. The summed E-state index contributed by atoms with van der Waals surface area (Å²) in [5, 5.41) is 4.10. The lowest BCUT2D eigenvalue weighted by molar-refractivity contribution is -0.0342. The second kappa shape index (κ2) is 6.73. The largest absolute Gasteiger partial charge is 0.368 e. The molecule has 0 bridgehead atoms. The van der Waals surface area contributed by atoms with Crippen molar-refractivity contribution in [2.24, 2.45) is 0 Å². The number of fused-ring (bicyclic) bond motifs is 3. The molecule has 156 valence electrons. The molecule has 1 aliphatic carbocycles. The summed E-state index contributed by atoms with van der Waals surface area (Å²) in [4.78, 5) is 22.3. The highest BCUT2D eigenvalue weighted by atomic mass is 19.1. The molecule has 1 saturated carbocycles. The molecule has 1 aromatic carbocycles. The van der Waals surface area contributed by atoms with Gasteiger partial charge >= 0.3 is 0 Å². The van der Waals surface area contributed by atoms with Crippen molar-refractivity contribution in [2.45, 2.75) is 51.2 Å². The molecule has 0 spiro atoms. The van der Waals surface area contributed by atoms with Crippen LogP contribution in [0.1, 0.15) is 51.5 Å². The van der Waals surface area contributed by atoms with Gasteiger partial charge in [-0.05, 0) is 51.7 Å². The number of nitrogens with zero attached hydrogens (tertiary/aromatic N) is 5. The van der Waals surface area contributed by atoms with Crippen molar-refractivity contribution in [1.82, 2.24) is 24.1 Å². The van der Waals surface area contributed by atoms with E-state index in [9.17, 15) is 9.18 Å². The number of methoxy groups -OCH3 is 1. The highest BCUT2D eigenvalue weighted by Crippen LogP contribution is 2.41. The average Bonchev–Trinajstić information content (AvgIpc) is 3.47. The quantitative estimate of drug-likeness (QED) is 0.507. The fourth-order valence-electron chi connectivity index (χ4n) is 4.50. The van der Waals surface area contributed by atoms with E-state index in [0.717, 1.165) is 25.7 Å². The number of imidazole rings is 1. The SMILES string of the molecule is COC1(c2nc(-c3ncn4c3c(=O)n(C(C)C)c3c(F)cccc34)no2)CCCC1. The number of ether oxygens (including phenoxy) is 1. The molecule has 30 heavy (non-hydrogen) atoms. The summed E-state index contributed by atoms with van der Waals surface area (Å²) < 4.78 is 28.9. The first-order valence-corrected chi connectivity index (χ1v) is 10.1. The van der Waals surface area contributed by atoms with Crippen molar-refractivity contribution in [3.05, 3.63) is 46.6 Å². The molecule has 3 heterocycles. The van der Waals surface area contributed by atoms with Crippen LogP contribution in [-0.2, 0) is 10.3 Å². The van der Waals surface area contributed by atoms with Gasteiger partial charge in [-0.25, -0.2) is 9.37 Å². The molecular weight excluding hydrogens is 389 g/mol. The lowest BCUT2D eigenvalue weighted by Gasteiger charge is -2.21. The molecule has 5 rings (SSSR count). The molecule has 0 amide bonds. The van der Waals surface area contributed by atoms with Crippen LogP contribution in [0, 0.1) is 5.82 Å². The minimum Gasteiger partial charge on any atom is -0.368 e. The predicted molar refractivity (Wildman–Crippen MR) is 108 cm³/mol. The van der Waals surface area contributed by atoms with Crippen molar-refractivity contribution in [2.75, 3.05) is 7.11 Å². The van der Waals surface area contributed by atoms with Gasteiger partial charge in [0, 0.05) is 13.2 Å². The summed E-state index contributed by atoms with van der Waals surface area (Å²) in [6.45, 7) is 3.68. The summed E-state index contributed by atoms with van der Waals surface area (Å²) in [5.41, 5.74) is 0.432. The second-order valence-electron chi connectivity index (χ2n) is 8.02. The highest BCUT2D eigenvalue weighted by Gasteiger charge is 2.41. The van der Waals surface area contributed by atoms with E-state index >= 15 is 0 Å². The first-order valence-electron chi connectivity index (χ1n) is 10.1. The zero-order valence-corrected chi connectivity index (χ0v) is 17.1. The lowest BCUT2D eigenvalue weighted by Crippen LogP contribution is -2.25. The van der Waals surface area contributed by atoms with Gasteiger partial charge in [0.1, 0.15) is 34.5 Å². The van der Waals surface area contributed by atoms with E-state index in [2.05, 4.69) is 15.1 Å². The van der Waals surface area contributed by atoms with Crippen LogP contribution in [0.5, 0.6) is 0 Å². The Labute approximate surface area is 171 Å². The maximum atomic E-state index is 14.7.